The van der Waals surface area contributed by atoms with Crippen LogP contribution in [0.3, 0.4) is 0 Å². The monoisotopic (exact) mass is 416 g/mol. The van der Waals surface area contributed by atoms with Crippen molar-refractivity contribution in [2.45, 2.75) is 25.4 Å². The molecule has 0 aliphatic carbocycles. The maximum absolute atomic E-state index is 13.1. The number of piperidine rings is 1. The van der Waals surface area contributed by atoms with E-state index in [0.717, 1.165) is 31.5 Å². The maximum Gasteiger partial charge on any atom is 0.272 e. The Morgan fingerprint density at radius 3 is 3.00 bits per heavy atom. The lowest BCUT2D eigenvalue weighted by Gasteiger charge is -2.22. The van der Waals surface area contributed by atoms with E-state index in [1.807, 2.05) is 10.9 Å². The van der Waals surface area contributed by atoms with Crippen molar-refractivity contribution in [2.75, 3.05) is 13.1 Å². The number of hydrogen-bond donors (Lipinski definition) is 2. The van der Waals surface area contributed by atoms with Crippen LogP contribution in [0.2, 0.25) is 0 Å². The minimum atomic E-state index is -0.313. The highest BCUT2D eigenvalue weighted by molar-refractivity contribution is 9.10. The minimum absolute atomic E-state index is 0. The third kappa shape index (κ3) is 4.55. The Balaban J connectivity index is 0.00000208. The van der Waals surface area contributed by atoms with E-state index in [0.29, 0.717) is 22.8 Å². The molecule has 1 amide bonds. The van der Waals surface area contributed by atoms with Crippen molar-refractivity contribution in [2.24, 2.45) is 0 Å². The van der Waals surface area contributed by atoms with Gasteiger partial charge < -0.3 is 10.6 Å². The molecular weight excluding hydrogens is 399 g/mol. The Morgan fingerprint density at radius 2 is 2.29 bits per heavy atom. The minimum Gasteiger partial charge on any atom is -0.347 e. The summed E-state index contributed by atoms with van der Waals surface area (Å²) < 4.78 is 15.5. The summed E-state index contributed by atoms with van der Waals surface area (Å²) in [6.45, 7) is 2.24. The summed E-state index contributed by atoms with van der Waals surface area (Å²) in [6, 6.07) is 6.43. The van der Waals surface area contributed by atoms with Crippen LogP contribution in [-0.2, 0) is 6.54 Å². The van der Waals surface area contributed by atoms with Crippen molar-refractivity contribution >= 4 is 34.2 Å². The fourth-order valence-corrected chi connectivity index (χ4v) is 3.14. The molecular formula is C16H19BrClFN4O. The van der Waals surface area contributed by atoms with Gasteiger partial charge in [-0.2, -0.15) is 5.10 Å². The second kappa shape index (κ2) is 8.60. The molecule has 0 spiro atoms. The van der Waals surface area contributed by atoms with E-state index in [-0.39, 0.29) is 24.1 Å². The summed E-state index contributed by atoms with van der Waals surface area (Å²) in [6.07, 6.45) is 4.03. The van der Waals surface area contributed by atoms with Gasteiger partial charge in [-0.25, -0.2) is 4.39 Å². The van der Waals surface area contributed by atoms with E-state index in [1.165, 1.54) is 12.1 Å². The molecule has 8 heteroatoms. The van der Waals surface area contributed by atoms with E-state index in [2.05, 4.69) is 31.7 Å². The summed E-state index contributed by atoms with van der Waals surface area (Å²) in [5.41, 5.74) is 1.21. The molecule has 2 aromatic rings. The zero-order chi connectivity index (χ0) is 16.2. The molecule has 1 aromatic carbocycles. The molecule has 0 bridgehead atoms. The van der Waals surface area contributed by atoms with Crippen molar-refractivity contribution in [3.05, 3.63) is 52.0 Å². The first-order chi connectivity index (χ1) is 11.1. The van der Waals surface area contributed by atoms with Gasteiger partial charge in [-0.3, -0.25) is 9.48 Å². The number of carbonyl (C=O) groups excluding carboxylic acids is 1. The zero-order valence-electron chi connectivity index (χ0n) is 13.0. The number of benzene rings is 1. The van der Waals surface area contributed by atoms with Crippen LogP contribution in [0, 0.1) is 5.82 Å². The number of nitrogens with one attached hydrogen (secondary N) is 2. The molecule has 2 heterocycles. The second-order valence-electron chi connectivity index (χ2n) is 5.60. The zero-order valence-corrected chi connectivity index (χ0v) is 15.4. The van der Waals surface area contributed by atoms with E-state index in [9.17, 15) is 9.18 Å². The number of aromatic nitrogens is 2. The Kier molecular flexibility index (Phi) is 6.77. The number of nitrogens with zero attached hydrogens (tertiary/aromatic N) is 2. The maximum atomic E-state index is 13.1. The van der Waals surface area contributed by atoms with Gasteiger partial charge in [-0.05, 0) is 43.1 Å². The van der Waals surface area contributed by atoms with Crippen molar-refractivity contribution in [1.82, 2.24) is 20.4 Å². The third-order valence-electron chi connectivity index (χ3n) is 3.94. The second-order valence-corrected chi connectivity index (χ2v) is 6.45. The SMILES string of the molecule is Cl.O=C(NCc1ccc(F)cc1Br)c1ccn(C2CCCNC2)n1. The molecule has 1 unspecified atom stereocenters. The highest BCUT2D eigenvalue weighted by Gasteiger charge is 2.17. The first-order valence-electron chi connectivity index (χ1n) is 7.61. The largest absolute Gasteiger partial charge is 0.347 e. The van der Waals surface area contributed by atoms with Crippen LogP contribution in [0.25, 0.3) is 0 Å². The normalized spacial score (nSPS) is 17.2. The van der Waals surface area contributed by atoms with Crippen molar-refractivity contribution in [3.8, 4) is 0 Å². The summed E-state index contributed by atoms with van der Waals surface area (Å²) >= 11 is 3.29. The smallest absolute Gasteiger partial charge is 0.272 e. The number of carbonyl (C=O) groups is 1. The van der Waals surface area contributed by atoms with Crippen molar-refractivity contribution in [1.29, 1.82) is 0 Å². The molecule has 1 saturated heterocycles. The predicted octanol–water partition coefficient (Wildman–Crippen LogP) is 3.06. The lowest BCUT2D eigenvalue weighted by molar-refractivity contribution is 0.0944. The van der Waals surface area contributed by atoms with Crippen LogP contribution >= 0.6 is 28.3 Å². The topological polar surface area (TPSA) is 59.0 Å². The Labute approximate surface area is 154 Å². The fourth-order valence-electron chi connectivity index (χ4n) is 2.65. The van der Waals surface area contributed by atoms with E-state index in [1.54, 1.807) is 12.1 Å². The average Bonchev–Trinajstić information content (AvgIpc) is 3.05. The van der Waals surface area contributed by atoms with E-state index in [4.69, 9.17) is 0 Å². The number of hydrogen-bond acceptors (Lipinski definition) is 3. The molecule has 1 aromatic heterocycles. The highest BCUT2D eigenvalue weighted by Crippen LogP contribution is 2.18. The van der Waals surface area contributed by atoms with Gasteiger partial charge >= 0.3 is 0 Å². The number of rotatable bonds is 4. The van der Waals surface area contributed by atoms with Gasteiger partial charge in [0.15, 0.2) is 0 Å². The first-order valence-corrected chi connectivity index (χ1v) is 8.41. The molecule has 0 radical (unpaired) electrons. The van der Waals surface area contributed by atoms with Gasteiger partial charge in [0.2, 0.25) is 0 Å². The van der Waals surface area contributed by atoms with Gasteiger partial charge in [0.25, 0.3) is 5.91 Å². The molecule has 24 heavy (non-hydrogen) atoms. The van der Waals surface area contributed by atoms with Crippen LogP contribution in [0.1, 0.15) is 34.9 Å². The van der Waals surface area contributed by atoms with Crippen molar-refractivity contribution in [3.63, 3.8) is 0 Å². The molecule has 130 valence electrons. The summed E-state index contributed by atoms with van der Waals surface area (Å²) in [5.74, 6) is -0.546. The summed E-state index contributed by atoms with van der Waals surface area (Å²) in [4.78, 5) is 12.2. The van der Waals surface area contributed by atoms with Gasteiger partial charge in [-0.15, -0.1) is 12.4 Å². The standard InChI is InChI=1S/C16H18BrFN4O.ClH/c17-14-8-12(18)4-3-11(14)9-20-16(23)15-5-7-22(21-15)13-2-1-6-19-10-13;/h3-5,7-8,13,19H,1-2,6,9-10H2,(H,20,23);1H. The summed E-state index contributed by atoms with van der Waals surface area (Å²) in [7, 11) is 0. The first kappa shape index (κ1) is 18.9. The molecule has 1 atom stereocenters. The average molecular weight is 418 g/mol. The molecule has 1 aliphatic rings. The quantitative estimate of drug-likeness (QED) is 0.804. The van der Waals surface area contributed by atoms with Gasteiger partial charge in [-0.1, -0.05) is 22.0 Å². The van der Waals surface area contributed by atoms with Crippen LogP contribution in [0.4, 0.5) is 4.39 Å². The molecule has 2 N–H and O–H groups in total. The number of halogens is 3. The molecule has 1 aliphatic heterocycles. The Bertz CT molecular complexity index is 703. The van der Waals surface area contributed by atoms with Gasteiger partial charge in [0.1, 0.15) is 11.5 Å². The fraction of sp³-hybridized carbons (Fsp3) is 0.375. The van der Waals surface area contributed by atoms with Crippen molar-refractivity contribution < 1.29 is 9.18 Å². The van der Waals surface area contributed by atoms with Crippen LogP contribution < -0.4 is 10.6 Å². The molecule has 1 fully saturated rings. The van der Waals surface area contributed by atoms with Crippen LogP contribution in [-0.4, -0.2) is 28.8 Å². The lowest BCUT2D eigenvalue weighted by atomic mass is 10.1. The van der Waals surface area contributed by atoms with E-state index >= 15 is 0 Å². The van der Waals surface area contributed by atoms with Gasteiger partial charge in [0.05, 0.1) is 6.04 Å². The van der Waals surface area contributed by atoms with Gasteiger partial charge in [0, 0.05) is 23.8 Å². The van der Waals surface area contributed by atoms with E-state index < -0.39 is 0 Å². The van der Waals surface area contributed by atoms with Crippen LogP contribution in [0.5, 0.6) is 0 Å². The number of amides is 1. The molecule has 3 rings (SSSR count). The Hall–Kier alpha value is -1.44. The highest BCUT2D eigenvalue weighted by atomic mass is 79.9. The molecule has 5 nitrogen and oxygen atoms in total. The Morgan fingerprint density at radius 1 is 1.46 bits per heavy atom. The predicted molar refractivity (Wildman–Crippen MR) is 95.9 cm³/mol. The van der Waals surface area contributed by atoms with Crippen LogP contribution in [0.15, 0.2) is 34.9 Å². The molecule has 0 saturated carbocycles. The summed E-state index contributed by atoms with van der Waals surface area (Å²) in [5, 5.41) is 10.5. The third-order valence-corrected chi connectivity index (χ3v) is 4.68. The lowest BCUT2D eigenvalue weighted by Crippen LogP contribution is -2.32.